The van der Waals surface area contributed by atoms with Crippen molar-refractivity contribution < 1.29 is 19.1 Å². The molecule has 2 aromatic carbocycles. The highest BCUT2D eigenvalue weighted by atomic mass is 16.5. The lowest BCUT2D eigenvalue weighted by atomic mass is 10.0. The molecule has 1 saturated heterocycles. The Morgan fingerprint density at radius 3 is 2.16 bits per heavy atom. The van der Waals surface area contributed by atoms with Gasteiger partial charge in [-0.3, -0.25) is 19.3 Å². The Balaban J connectivity index is 1.60. The van der Waals surface area contributed by atoms with E-state index in [1.54, 1.807) is 31.4 Å². The van der Waals surface area contributed by atoms with Gasteiger partial charge in [0.1, 0.15) is 11.4 Å². The molecule has 0 spiro atoms. The van der Waals surface area contributed by atoms with Crippen molar-refractivity contribution in [3.8, 4) is 5.75 Å². The zero-order chi connectivity index (χ0) is 22.8. The number of amides is 3. The van der Waals surface area contributed by atoms with Gasteiger partial charge in [0.15, 0.2) is 0 Å². The molecule has 1 fully saturated rings. The van der Waals surface area contributed by atoms with Gasteiger partial charge in [0.05, 0.1) is 18.4 Å². The van der Waals surface area contributed by atoms with Gasteiger partial charge in [-0.2, -0.15) is 0 Å². The van der Waals surface area contributed by atoms with Crippen molar-refractivity contribution >= 4 is 34.7 Å². The topological polar surface area (TPSA) is 82.2 Å². The van der Waals surface area contributed by atoms with Crippen LogP contribution in [-0.4, -0.2) is 67.9 Å². The molecule has 2 aliphatic rings. The van der Waals surface area contributed by atoms with Crippen LogP contribution >= 0.6 is 0 Å². The zero-order valence-corrected chi connectivity index (χ0v) is 18.4. The third kappa shape index (κ3) is 3.91. The number of anilines is 2. The van der Waals surface area contributed by atoms with Gasteiger partial charge in [-0.05, 0) is 29.8 Å². The van der Waals surface area contributed by atoms with Gasteiger partial charge >= 0.3 is 0 Å². The summed E-state index contributed by atoms with van der Waals surface area (Å²) in [6, 6.07) is 14.9. The summed E-state index contributed by atoms with van der Waals surface area (Å²) in [5, 5.41) is 2.71. The number of ether oxygens (including phenoxy) is 1. The maximum atomic E-state index is 13.0. The number of carbonyl (C=O) groups excluding carboxylic acids is 3. The predicted octanol–water partition coefficient (Wildman–Crippen LogP) is 2.19. The van der Waals surface area contributed by atoms with E-state index in [2.05, 4.69) is 10.2 Å². The van der Waals surface area contributed by atoms with Crippen LogP contribution in [0, 0.1) is 0 Å². The molecule has 4 rings (SSSR count). The molecule has 8 nitrogen and oxygen atoms in total. The number of hydrogen-bond donors (Lipinski definition) is 1. The number of nitrogens with zero attached hydrogens (tertiary/aromatic N) is 3. The second kappa shape index (κ2) is 8.74. The first-order chi connectivity index (χ1) is 15.4. The minimum Gasteiger partial charge on any atom is -0.495 e. The van der Waals surface area contributed by atoms with Crippen molar-refractivity contribution in [3.05, 3.63) is 59.8 Å². The number of para-hydroxylation sites is 2. The SMILES string of the molecule is COc1ccccc1N1CCN(C2=C(c3ccc(NC(C)=O)cc3)C(=O)N(C)C2=O)CC1. The summed E-state index contributed by atoms with van der Waals surface area (Å²) >= 11 is 0. The Kier molecular flexibility index (Phi) is 5.85. The van der Waals surface area contributed by atoms with Crippen LogP contribution in [0.2, 0.25) is 0 Å². The fourth-order valence-corrected chi connectivity index (χ4v) is 4.17. The predicted molar refractivity (Wildman–Crippen MR) is 122 cm³/mol. The first-order valence-corrected chi connectivity index (χ1v) is 10.5. The number of nitrogens with one attached hydrogen (secondary N) is 1. The van der Waals surface area contributed by atoms with Crippen molar-refractivity contribution in [2.24, 2.45) is 0 Å². The highest BCUT2D eigenvalue weighted by Crippen LogP contribution is 2.33. The molecule has 2 heterocycles. The maximum Gasteiger partial charge on any atom is 0.277 e. The molecule has 0 aliphatic carbocycles. The number of methoxy groups -OCH3 is 1. The average Bonchev–Trinajstić information content (AvgIpc) is 3.03. The molecule has 3 amide bonds. The third-order valence-corrected chi connectivity index (χ3v) is 5.78. The Labute approximate surface area is 187 Å². The maximum absolute atomic E-state index is 13.0. The largest absolute Gasteiger partial charge is 0.495 e. The Morgan fingerprint density at radius 2 is 1.53 bits per heavy atom. The number of benzene rings is 2. The number of imide groups is 1. The van der Waals surface area contributed by atoms with E-state index in [0.717, 1.165) is 11.4 Å². The quantitative estimate of drug-likeness (QED) is 0.727. The molecule has 8 heteroatoms. The van der Waals surface area contributed by atoms with Crippen LogP contribution in [0.15, 0.2) is 54.2 Å². The lowest BCUT2D eigenvalue weighted by molar-refractivity contribution is -0.136. The number of rotatable bonds is 5. The van der Waals surface area contributed by atoms with E-state index in [-0.39, 0.29) is 17.7 Å². The Morgan fingerprint density at radius 1 is 0.906 bits per heavy atom. The minimum atomic E-state index is -0.315. The van der Waals surface area contributed by atoms with Gasteiger partial charge in [0.25, 0.3) is 11.8 Å². The van der Waals surface area contributed by atoms with E-state index < -0.39 is 0 Å². The molecule has 0 bridgehead atoms. The van der Waals surface area contributed by atoms with Crippen LogP contribution in [0.1, 0.15) is 12.5 Å². The fourth-order valence-electron chi connectivity index (χ4n) is 4.17. The second-order valence-electron chi connectivity index (χ2n) is 7.80. The molecule has 0 saturated carbocycles. The van der Waals surface area contributed by atoms with Crippen molar-refractivity contribution in [1.29, 1.82) is 0 Å². The van der Waals surface area contributed by atoms with E-state index in [1.165, 1.54) is 18.9 Å². The van der Waals surface area contributed by atoms with E-state index in [9.17, 15) is 14.4 Å². The highest BCUT2D eigenvalue weighted by molar-refractivity contribution is 6.35. The molecule has 1 N–H and O–H groups in total. The van der Waals surface area contributed by atoms with Crippen LogP contribution in [0.4, 0.5) is 11.4 Å². The molecule has 166 valence electrons. The van der Waals surface area contributed by atoms with E-state index in [0.29, 0.717) is 48.7 Å². The molecule has 2 aromatic rings. The Bertz CT molecular complexity index is 1090. The van der Waals surface area contributed by atoms with Crippen molar-refractivity contribution in [2.45, 2.75) is 6.92 Å². The van der Waals surface area contributed by atoms with Crippen molar-refractivity contribution in [1.82, 2.24) is 9.80 Å². The van der Waals surface area contributed by atoms with Gasteiger partial charge in [0, 0.05) is 45.8 Å². The normalized spacial score (nSPS) is 16.7. The first-order valence-electron chi connectivity index (χ1n) is 10.5. The summed E-state index contributed by atoms with van der Waals surface area (Å²) in [5.41, 5.74) is 3.15. The van der Waals surface area contributed by atoms with E-state index >= 15 is 0 Å². The molecule has 0 atom stereocenters. The summed E-state index contributed by atoms with van der Waals surface area (Å²) < 4.78 is 5.48. The standard InChI is InChI=1S/C24H26N4O4/c1-16(29)25-18-10-8-17(9-11-18)21-22(24(31)26(2)23(21)30)28-14-12-27(13-15-28)19-6-4-5-7-20(19)32-3/h4-11H,12-15H2,1-3H3,(H,25,29). The van der Waals surface area contributed by atoms with Crippen LogP contribution in [0.5, 0.6) is 5.75 Å². The van der Waals surface area contributed by atoms with Crippen LogP contribution in [0.25, 0.3) is 5.57 Å². The van der Waals surface area contributed by atoms with Crippen molar-refractivity contribution in [2.75, 3.05) is 50.6 Å². The van der Waals surface area contributed by atoms with Crippen LogP contribution in [0.3, 0.4) is 0 Å². The number of carbonyl (C=O) groups is 3. The monoisotopic (exact) mass is 434 g/mol. The summed E-state index contributed by atoms with van der Waals surface area (Å²) in [7, 11) is 3.16. The third-order valence-electron chi connectivity index (χ3n) is 5.78. The molecule has 0 aromatic heterocycles. The lowest BCUT2D eigenvalue weighted by Crippen LogP contribution is -2.47. The molecular formula is C24H26N4O4. The number of hydrogen-bond acceptors (Lipinski definition) is 6. The number of likely N-dealkylation sites (N-methyl/N-ethyl adjacent to an activating group) is 1. The minimum absolute atomic E-state index is 0.169. The number of piperazine rings is 1. The van der Waals surface area contributed by atoms with Gasteiger partial charge in [-0.25, -0.2) is 0 Å². The van der Waals surface area contributed by atoms with Crippen LogP contribution < -0.4 is 15.0 Å². The summed E-state index contributed by atoms with van der Waals surface area (Å²) in [5.74, 6) is 0.0375. The second-order valence-corrected chi connectivity index (χ2v) is 7.80. The molecule has 32 heavy (non-hydrogen) atoms. The average molecular weight is 434 g/mol. The summed E-state index contributed by atoms with van der Waals surface area (Å²) in [4.78, 5) is 42.6. The molecule has 0 unspecified atom stereocenters. The van der Waals surface area contributed by atoms with Gasteiger partial charge < -0.3 is 19.9 Å². The van der Waals surface area contributed by atoms with Gasteiger partial charge in [0.2, 0.25) is 5.91 Å². The molecule has 0 radical (unpaired) electrons. The molecular weight excluding hydrogens is 408 g/mol. The highest BCUT2D eigenvalue weighted by Gasteiger charge is 2.40. The van der Waals surface area contributed by atoms with Crippen LogP contribution in [-0.2, 0) is 14.4 Å². The first kappa shape index (κ1) is 21.4. The molecule has 2 aliphatic heterocycles. The van der Waals surface area contributed by atoms with Gasteiger partial charge in [-0.15, -0.1) is 0 Å². The van der Waals surface area contributed by atoms with E-state index in [1.807, 2.05) is 29.2 Å². The van der Waals surface area contributed by atoms with E-state index in [4.69, 9.17) is 4.74 Å². The Hall–Kier alpha value is -3.81. The van der Waals surface area contributed by atoms with Crippen molar-refractivity contribution in [3.63, 3.8) is 0 Å². The zero-order valence-electron chi connectivity index (χ0n) is 18.4. The van der Waals surface area contributed by atoms with Gasteiger partial charge in [-0.1, -0.05) is 24.3 Å². The summed E-state index contributed by atoms with van der Waals surface area (Å²) in [6.07, 6.45) is 0. The lowest BCUT2D eigenvalue weighted by Gasteiger charge is -2.38. The smallest absolute Gasteiger partial charge is 0.277 e. The summed E-state index contributed by atoms with van der Waals surface area (Å²) in [6.45, 7) is 4.04. The fraction of sp³-hybridized carbons (Fsp3) is 0.292.